The number of rotatable bonds is 6. The van der Waals surface area contributed by atoms with Crippen LogP contribution in [0.4, 0.5) is 0 Å². The highest BCUT2D eigenvalue weighted by Gasteiger charge is 2.26. The van der Waals surface area contributed by atoms with Gasteiger partial charge in [-0.25, -0.2) is 0 Å². The molecule has 0 spiro atoms. The maximum atomic E-state index is 8.80. The van der Waals surface area contributed by atoms with E-state index in [1.807, 2.05) is 0 Å². The van der Waals surface area contributed by atoms with Crippen molar-refractivity contribution in [3.63, 3.8) is 0 Å². The van der Waals surface area contributed by atoms with Crippen molar-refractivity contribution in [1.29, 1.82) is 0 Å². The number of aliphatic hydroxyl groups excluding tert-OH is 1. The molecule has 1 saturated heterocycles. The summed E-state index contributed by atoms with van der Waals surface area (Å²) in [6.45, 7) is 7.50. The molecule has 1 fully saturated rings. The second-order valence-corrected chi connectivity index (χ2v) is 4.94. The highest BCUT2D eigenvalue weighted by Crippen LogP contribution is 2.26. The number of hydrogen-bond acceptors (Lipinski definition) is 2. The summed E-state index contributed by atoms with van der Waals surface area (Å²) in [5.41, 5.74) is 0. The van der Waals surface area contributed by atoms with Gasteiger partial charge in [-0.05, 0) is 51.1 Å². The van der Waals surface area contributed by atoms with E-state index in [-0.39, 0.29) is 0 Å². The first kappa shape index (κ1) is 13.0. The molecule has 2 nitrogen and oxygen atoms in total. The van der Waals surface area contributed by atoms with Crippen LogP contribution in [0.1, 0.15) is 52.4 Å². The predicted octanol–water partition coefficient (Wildman–Crippen LogP) is 2.66. The van der Waals surface area contributed by atoms with E-state index in [1.165, 1.54) is 38.8 Å². The third kappa shape index (κ3) is 4.12. The lowest BCUT2D eigenvalue weighted by Crippen LogP contribution is -2.44. The van der Waals surface area contributed by atoms with Gasteiger partial charge in [0.15, 0.2) is 0 Å². The van der Waals surface area contributed by atoms with E-state index in [1.54, 1.807) is 0 Å². The maximum Gasteiger partial charge on any atom is 0.0431 e. The molecule has 0 aliphatic carbocycles. The molecule has 1 aliphatic heterocycles. The highest BCUT2D eigenvalue weighted by atomic mass is 16.2. The van der Waals surface area contributed by atoms with E-state index in [0.29, 0.717) is 6.61 Å². The topological polar surface area (TPSA) is 23.5 Å². The number of hydrogen-bond donors (Lipinski definition) is 1. The molecule has 1 rings (SSSR count). The number of unbranched alkanes of at least 4 members (excludes halogenated alkanes) is 1. The van der Waals surface area contributed by atoms with Crippen LogP contribution in [-0.2, 0) is 0 Å². The fourth-order valence-corrected chi connectivity index (χ4v) is 2.80. The Morgan fingerprint density at radius 1 is 1.33 bits per heavy atom. The molecule has 0 amide bonds. The van der Waals surface area contributed by atoms with Crippen LogP contribution in [0, 0.1) is 5.92 Å². The zero-order valence-electron chi connectivity index (χ0n) is 10.4. The maximum absolute atomic E-state index is 8.80. The third-order valence-corrected chi connectivity index (χ3v) is 3.67. The zero-order valence-corrected chi connectivity index (χ0v) is 10.4. The summed E-state index contributed by atoms with van der Waals surface area (Å²) in [6, 6.07) is 0.808. The number of likely N-dealkylation sites (tertiary alicyclic amines) is 1. The predicted molar refractivity (Wildman–Crippen MR) is 65.0 cm³/mol. The highest BCUT2D eigenvalue weighted by molar-refractivity contribution is 4.81. The number of aliphatic hydroxyl groups is 1. The molecule has 1 aliphatic rings. The van der Waals surface area contributed by atoms with Crippen LogP contribution in [0.2, 0.25) is 0 Å². The van der Waals surface area contributed by atoms with Gasteiger partial charge in [-0.15, -0.1) is 0 Å². The van der Waals surface area contributed by atoms with E-state index in [4.69, 9.17) is 5.11 Å². The van der Waals surface area contributed by atoms with Gasteiger partial charge < -0.3 is 10.0 Å². The Bertz CT molecular complexity index is 161. The molecule has 0 aromatic carbocycles. The number of piperidine rings is 1. The second kappa shape index (κ2) is 7.24. The minimum absolute atomic E-state index is 0.349. The lowest BCUT2D eigenvalue weighted by atomic mass is 9.88. The van der Waals surface area contributed by atoms with Gasteiger partial charge in [0.05, 0.1) is 0 Å². The summed E-state index contributed by atoms with van der Waals surface area (Å²) >= 11 is 0. The second-order valence-electron chi connectivity index (χ2n) is 4.94. The molecule has 0 saturated carbocycles. The van der Waals surface area contributed by atoms with Crippen molar-refractivity contribution in [3.8, 4) is 0 Å². The molecule has 0 aromatic heterocycles. The van der Waals surface area contributed by atoms with Gasteiger partial charge in [0.1, 0.15) is 0 Å². The van der Waals surface area contributed by atoms with Gasteiger partial charge in [0, 0.05) is 12.6 Å². The first-order valence-corrected chi connectivity index (χ1v) is 6.64. The molecule has 15 heavy (non-hydrogen) atoms. The van der Waals surface area contributed by atoms with Crippen molar-refractivity contribution in [2.75, 3.05) is 19.7 Å². The molecule has 0 aromatic rings. The van der Waals surface area contributed by atoms with Crippen molar-refractivity contribution in [3.05, 3.63) is 0 Å². The molecule has 1 heterocycles. The lowest BCUT2D eigenvalue weighted by molar-refractivity contribution is 0.0899. The summed E-state index contributed by atoms with van der Waals surface area (Å²) in [5.74, 6) is 0.868. The van der Waals surface area contributed by atoms with E-state index in [2.05, 4.69) is 18.7 Å². The quantitative estimate of drug-likeness (QED) is 0.686. The Balaban J connectivity index is 2.36. The van der Waals surface area contributed by atoms with Crippen LogP contribution < -0.4 is 0 Å². The van der Waals surface area contributed by atoms with E-state index >= 15 is 0 Å². The molecule has 0 bridgehead atoms. The average molecular weight is 213 g/mol. The van der Waals surface area contributed by atoms with Gasteiger partial charge in [0.25, 0.3) is 0 Å². The smallest absolute Gasteiger partial charge is 0.0431 e. The number of nitrogens with zero attached hydrogens (tertiary/aromatic N) is 1. The van der Waals surface area contributed by atoms with Gasteiger partial charge in [-0.2, -0.15) is 0 Å². The normalized spacial score (nSPS) is 28.2. The monoisotopic (exact) mass is 213 g/mol. The molecular weight excluding hydrogens is 186 g/mol. The van der Waals surface area contributed by atoms with Crippen LogP contribution in [0.25, 0.3) is 0 Å². The Morgan fingerprint density at radius 2 is 2.13 bits per heavy atom. The van der Waals surface area contributed by atoms with Gasteiger partial charge in [0.2, 0.25) is 0 Å². The van der Waals surface area contributed by atoms with Crippen molar-refractivity contribution >= 4 is 0 Å². The summed E-state index contributed by atoms with van der Waals surface area (Å²) in [6.07, 6.45) is 7.53. The summed E-state index contributed by atoms with van der Waals surface area (Å²) in [5, 5.41) is 8.80. The minimum atomic E-state index is 0.349. The largest absolute Gasteiger partial charge is 0.396 e. The summed E-state index contributed by atoms with van der Waals surface area (Å²) in [7, 11) is 0. The Hall–Kier alpha value is -0.0800. The van der Waals surface area contributed by atoms with Gasteiger partial charge >= 0.3 is 0 Å². The third-order valence-electron chi connectivity index (χ3n) is 3.67. The molecule has 2 atom stereocenters. The fourth-order valence-electron chi connectivity index (χ4n) is 2.80. The van der Waals surface area contributed by atoms with Crippen molar-refractivity contribution in [2.45, 2.75) is 58.4 Å². The summed E-state index contributed by atoms with van der Waals surface area (Å²) < 4.78 is 0. The molecule has 90 valence electrons. The van der Waals surface area contributed by atoms with Crippen molar-refractivity contribution in [1.82, 2.24) is 4.90 Å². The van der Waals surface area contributed by atoms with Crippen LogP contribution >= 0.6 is 0 Å². The van der Waals surface area contributed by atoms with Crippen LogP contribution in [0.5, 0.6) is 0 Å². The standard InChI is InChI=1S/C13H27NO/c1-3-7-13-12(2)8-6-10-14(13)9-4-5-11-15/h12-13,15H,3-11H2,1-2H3. The van der Waals surface area contributed by atoms with Crippen LogP contribution in [0.3, 0.4) is 0 Å². The van der Waals surface area contributed by atoms with Gasteiger partial charge in [-0.3, -0.25) is 0 Å². The minimum Gasteiger partial charge on any atom is -0.396 e. The Morgan fingerprint density at radius 3 is 2.80 bits per heavy atom. The molecular formula is C13H27NO. The lowest BCUT2D eigenvalue weighted by Gasteiger charge is -2.40. The first-order chi connectivity index (χ1) is 7.29. The summed E-state index contributed by atoms with van der Waals surface area (Å²) in [4.78, 5) is 2.66. The fraction of sp³-hybridized carbons (Fsp3) is 1.00. The van der Waals surface area contributed by atoms with Crippen molar-refractivity contribution in [2.24, 2.45) is 5.92 Å². The van der Waals surface area contributed by atoms with Crippen LogP contribution in [-0.4, -0.2) is 35.7 Å². The zero-order chi connectivity index (χ0) is 11.1. The first-order valence-electron chi connectivity index (χ1n) is 6.64. The van der Waals surface area contributed by atoms with E-state index in [9.17, 15) is 0 Å². The SMILES string of the molecule is CCCC1C(C)CCCN1CCCCO. The Labute approximate surface area is 94.7 Å². The average Bonchev–Trinajstić information content (AvgIpc) is 2.23. The molecule has 0 radical (unpaired) electrons. The Kier molecular flexibility index (Phi) is 6.26. The van der Waals surface area contributed by atoms with E-state index < -0.39 is 0 Å². The molecule has 2 unspecified atom stereocenters. The van der Waals surface area contributed by atoms with Crippen LogP contribution in [0.15, 0.2) is 0 Å². The van der Waals surface area contributed by atoms with Crippen molar-refractivity contribution < 1.29 is 5.11 Å². The molecule has 2 heteroatoms. The van der Waals surface area contributed by atoms with Gasteiger partial charge in [-0.1, -0.05) is 20.3 Å². The molecule has 1 N–H and O–H groups in total. The van der Waals surface area contributed by atoms with E-state index in [0.717, 1.165) is 24.8 Å².